The van der Waals surface area contributed by atoms with Gasteiger partial charge in [-0.1, -0.05) is 0 Å². The molecule has 2 heterocycles. The summed E-state index contributed by atoms with van der Waals surface area (Å²) in [4.78, 5) is 16.5. The molecule has 1 atom stereocenters. The van der Waals surface area contributed by atoms with E-state index < -0.39 is 0 Å². The molecule has 19 heavy (non-hydrogen) atoms. The van der Waals surface area contributed by atoms with E-state index in [0.29, 0.717) is 18.2 Å². The fraction of sp³-hybridized carbons (Fsp3) is 0.933. The minimum absolute atomic E-state index is 0.349. The number of carbonyl (C=O) groups is 1. The van der Waals surface area contributed by atoms with Crippen molar-refractivity contribution >= 4 is 5.91 Å². The van der Waals surface area contributed by atoms with Gasteiger partial charge in [-0.15, -0.1) is 0 Å². The standard InChI is InChI=1S/C15H28N2O2/c1-16(2)7-3-13-4-8-17(9-5-13)15(18)11-14-6-10-19-12-14/h13-14H,3-12H2,1-2H3/t14-/m1/s1. The number of hydrogen-bond acceptors (Lipinski definition) is 3. The Morgan fingerprint density at radius 3 is 2.53 bits per heavy atom. The molecule has 2 saturated heterocycles. The number of nitrogens with zero attached hydrogens (tertiary/aromatic N) is 2. The average molecular weight is 268 g/mol. The molecule has 0 radical (unpaired) electrons. The summed E-state index contributed by atoms with van der Waals surface area (Å²) < 4.78 is 5.34. The molecule has 2 rings (SSSR count). The molecule has 110 valence electrons. The van der Waals surface area contributed by atoms with Crippen molar-refractivity contribution in [3.05, 3.63) is 0 Å². The highest BCUT2D eigenvalue weighted by molar-refractivity contribution is 5.76. The third-order valence-corrected chi connectivity index (χ3v) is 4.44. The Morgan fingerprint density at radius 2 is 1.95 bits per heavy atom. The molecule has 1 amide bonds. The number of rotatable bonds is 5. The van der Waals surface area contributed by atoms with Crippen molar-refractivity contribution in [3.63, 3.8) is 0 Å². The average Bonchev–Trinajstić information content (AvgIpc) is 2.89. The van der Waals surface area contributed by atoms with Gasteiger partial charge in [0.05, 0.1) is 0 Å². The summed E-state index contributed by atoms with van der Waals surface area (Å²) in [5.74, 6) is 1.63. The maximum absolute atomic E-state index is 12.2. The van der Waals surface area contributed by atoms with E-state index in [1.807, 2.05) is 0 Å². The van der Waals surface area contributed by atoms with Crippen LogP contribution in [-0.2, 0) is 9.53 Å². The van der Waals surface area contributed by atoms with Crippen molar-refractivity contribution in [2.45, 2.75) is 32.1 Å². The molecule has 2 aliphatic heterocycles. The summed E-state index contributed by atoms with van der Waals surface area (Å²) in [5.41, 5.74) is 0. The van der Waals surface area contributed by atoms with Crippen LogP contribution in [0, 0.1) is 11.8 Å². The molecule has 0 unspecified atom stereocenters. The van der Waals surface area contributed by atoms with Gasteiger partial charge in [0.15, 0.2) is 0 Å². The van der Waals surface area contributed by atoms with Crippen LogP contribution in [0.25, 0.3) is 0 Å². The van der Waals surface area contributed by atoms with Gasteiger partial charge in [-0.3, -0.25) is 4.79 Å². The van der Waals surface area contributed by atoms with Crippen molar-refractivity contribution in [3.8, 4) is 0 Å². The highest BCUT2D eigenvalue weighted by atomic mass is 16.5. The normalized spacial score (nSPS) is 25.2. The Hall–Kier alpha value is -0.610. The molecular weight excluding hydrogens is 240 g/mol. The molecule has 0 aromatic rings. The van der Waals surface area contributed by atoms with Crippen LogP contribution < -0.4 is 0 Å². The molecule has 0 aromatic heterocycles. The predicted molar refractivity (Wildman–Crippen MR) is 76.0 cm³/mol. The second-order valence-electron chi connectivity index (χ2n) is 6.35. The third-order valence-electron chi connectivity index (χ3n) is 4.44. The summed E-state index contributed by atoms with van der Waals surface area (Å²) in [6.07, 6.45) is 5.39. The Morgan fingerprint density at radius 1 is 1.21 bits per heavy atom. The van der Waals surface area contributed by atoms with Crippen LogP contribution in [0.2, 0.25) is 0 Å². The number of likely N-dealkylation sites (tertiary alicyclic amines) is 1. The Bertz CT molecular complexity index is 280. The van der Waals surface area contributed by atoms with Gasteiger partial charge in [-0.25, -0.2) is 0 Å². The molecule has 0 aliphatic carbocycles. The number of amides is 1. The van der Waals surface area contributed by atoms with Crippen molar-refractivity contribution in [2.24, 2.45) is 11.8 Å². The van der Waals surface area contributed by atoms with E-state index in [0.717, 1.165) is 45.2 Å². The maximum Gasteiger partial charge on any atom is 0.222 e. The van der Waals surface area contributed by atoms with E-state index in [1.54, 1.807) is 0 Å². The zero-order chi connectivity index (χ0) is 13.7. The molecular formula is C15H28N2O2. The van der Waals surface area contributed by atoms with Crippen LogP contribution >= 0.6 is 0 Å². The molecule has 4 heteroatoms. The minimum atomic E-state index is 0.349. The monoisotopic (exact) mass is 268 g/mol. The molecule has 4 nitrogen and oxygen atoms in total. The topological polar surface area (TPSA) is 32.8 Å². The summed E-state index contributed by atoms with van der Waals surface area (Å²) in [7, 11) is 4.25. The second kappa shape index (κ2) is 7.25. The maximum atomic E-state index is 12.2. The van der Waals surface area contributed by atoms with Crippen molar-refractivity contribution < 1.29 is 9.53 Å². The van der Waals surface area contributed by atoms with Gasteiger partial charge in [-0.05, 0) is 58.2 Å². The Labute approximate surface area is 117 Å². The first-order chi connectivity index (χ1) is 9.15. The van der Waals surface area contributed by atoms with Crippen molar-refractivity contribution in [1.82, 2.24) is 9.80 Å². The quantitative estimate of drug-likeness (QED) is 0.759. The lowest BCUT2D eigenvalue weighted by molar-refractivity contribution is -0.133. The van der Waals surface area contributed by atoms with Crippen LogP contribution in [0.5, 0.6) is 0 Å². The van der Waals surface area contributed by atoms with Crippen molar-refractivity contribution in [2.75, 3.05) is 46.9 Å². The highest BCUT2D eigenvalue weighted by Gasteiger charge is 2.26. The largest absolute Gasteiger partial charge is 0.381 e. The van der Waals surface area contributed by atoms with Gasteiger partial charge in [0.1, 0.15) is 0 Å². The smallest absolute Gasteiger partial charge is 0.222 e. The van der Waals surface area contributed by atoms with E-state index >= 15 is 0 Å². The van der Waals surface area contributed by atoms with Gasteiger partial charge < -0.3 is 14.5 Å². The zero-order valence-electron chi connectivity index (χ0n) is 12.4. The van der Waals surface area contributed by atoms with Gasteiger partial charge in [-0.2, -0.15) is 0 Å². The lowest BCUT2D eigenvalue weighted by atomic mass is 9.92. The number of hydrogen-bond donors (Lipinski definition) is 0. The number of piperidine rings is 1. The van der Waals surface area contributed by atoms with E-state index in [4.69, 9.17) is 4.74 Å². The Balaban J connectivity index is 1.65. The van der Waals surface area contributed by atoms with Gasteiger partial charge in [0.25, 0.3) is 0 Å². The number of carbonyl (C=O) groups excluding carboxylic acids is 1. The van der Waals surface area contributed by atoms with Crippen LogP contribution in [0.4, 0.5) is 0 Å². The first-order valence-electron chi connectivity index (χ1n) is 7.65. The zero-order valence-corrected chi connectivity index (χ0v) is 12.4. The third kappa shape index (κ3) is 4.77. The summed E-state index contributed by atoms with van der Waals surface area (Å²) >= 11 is 0. The molecule has 0 aromatic carbocycles. The lowest BCUT2D eigenvalue weighted by Crippen LogP contribution is -2.39. The van der Waals surface area contributed by atoms with Gasteiger partial charge in [0, 0.05) is 32.7 Å². The second-order valence-corrected chi connectivity index (χ2v) is 6.35. The fourth-order valence-electron chi connectivity index (χ4n) is 3.03. The van der Waals surface area contributed by atoms with E-state index in [-0.39, 0.29) is 0 Å². The molecule has 0 saturated carbocycles. The van der Waals surface area contributed by atoms with Crippen molar-refractivity contribution in [1.29, 1.82) is 0 Å². The van der Waals surface area contributed by atoms with Gasteiger partial charge in [0.2, 0.25) is 5.91 Å². The molecule has 0 bridgehead atoms. The molecule has 0 N–H and O–H groups in total. The minimum Gasteiger partial charge on any atom is -0.381 e. The van der Waals surface area contributed by atoms with Crippen LogP contribution in [-0.4, -0.2) is 62.7 Å². The van der Waals surface area contributed by atoms with E-state index in [9.17, 15) is 4.79 Å². The van der Waals surface area contributed by atoms with E-state index in [2.05, 4.69) is 23.9 Å². The van der Waals surface area contributed by atoms with Crippen LogP contribution in [0.3, 0.4) is 0 Å². The summed E-state index contributed by atoms with van der Waals surface area (Å²) in [6, 6.07) is 0. The Kier molecular flexibility index (Phi) is 5.64. The lowest BCUT2D eigenvalue weighted by Gasteiger charge is -2.33. The van der Waals surface area contributed by atoms with Crippen LogP contribution in [0.15, 0.2) is 0 Å². The molecule has 2 fully saturated rings. The highest BCUT2D eigenvalue weighted by Crippen LogP contribution is 2.23. The van der Waals surface area contributed by atoms with Gasteiger partial charge >= 0.3 is 0 Å². The molecule has 2 aliphatic rings. The predicted octanol–water partition coefficient (Wildman–Crippen LogP) is 1.60. The molecule has 0 spiro atoms. The van der Waals surface area contributed by atoms with Crippen LogP contribution in [0.1, 0.15) is 32.1 Å². The first kappa shape index (κ1) is 14.8. The SMILES string of the molecule is CN(C)CCC1CCN(C(=O)C[C@H]2CCOC2)CC1. The summed E-state index contributed by atoms with van der Waals surface area (Å²) in [6.45, 7) is 4.71. The first-order valence-corrected chi connectivity index (χ1v) is 7.65. The fourth-order valence-corrected chi connectivity index (χ4v) is 3.03. The summed E-state index contributed by atoms with van der Waals surface area (Å²) in [5, 5.41) is 0. The van der Waals surface area contributed by atoms with E-state index in [1.165, 1.54) is 19.3 Å². The number of ether oxygens (including phenoxy) is 1.